The van der Waals surface area contributed by atoms with Gasteiger partial charge in [0.15, 0.2) is 0 Å². The average Bonchev–Trinajstić information content (AvgIpc) is 2.59. The smallest absolute Gasteiger partial charge is 0.391 e. The first-order valence-corrected chi connectivity index (χ1v) is 8.52. The van der Waals surface area contributed by atoms with Crippen LogP contribution in [0.3, 0.4) is 0 Å². The van der Waals surface area contributed by atoms with Crippen LogP contribution >= 0.6 is 34.8 Å². The Labute approximate surface area is 168 Å². The van der Waals surface area contributed by atoms with Gasteiger partial charge in [0.25, 0.3) is 0 Å². The Bertz CT molecular complexity index is 810. The van der Waals surface area contributed by atoms with Gasteiger partial charge in [-0.15, -0.1) is 0 Å². The molecule has 0 saturated carbocycles. The van der Waals surface area contributed by atoms with Crippen LogP contribution in [0.5, 0.6) is 0 Å². The van der Waals surface area contributed by atoms with Crippen molar-refractivity contribution in [3.8, 4) is 0 Å². The second kappa shape index (κ2) is 9.82. The third kappa shape index (κ3) is 7.28. The largest absolute Gasteiger partial charge is 0.416 e. The van der Waals surface area contributed by atoms with Crippen molar-refractivity contribution in [2.24, 2.45) is 10.3 Å². The minimum absolute atomic E-state index is 0.0104. The lowest BCUT2D eigenvalue weighted by Crippen LogP contribution is -2.06. The lowest BCUT2D eigenvalue weighted by atomic mass is 10.1. The predicted molar refractivity (Wildman–Crippen MR) is 99.9 cm³/mol. The third-order valence-electron chi connectivity index (χ3n) is 3.09. The number of rotatable bonds is 6. The van der Waals surface area contributed by atoms with E-state index in [9.17, 15) is 13.2 Å². The van der Waals surface area contributed by atoms with Crippen LogP contribution in [0.15, 0.2) is 68.4 Å². The number of oxime groups is 2. The van der Waals surface area contributed by atoms with Crippen molar-refractivity contribution < 1.29 is 22.8 Å². The van der Waals surface area contributed by atoms with Gasteiger partial charge in [-0.05, 0) is 42.0 Å². The molecule has 0 aromatic heterocycles. The molecular weight excluding hydrogens is 428 g/mol. The van der Waals surface area contributed by atoms with Crippen molar-refractivity contribution in [2.45, 2.75) is 12.8 Å². The molecule has 0 amide bonds. The minimum Gasteiger partial charge on any atom is -0.391 e. The fourth-order valence-corrected chi connectivity index (χ4v) is 2.14. The van der Waals surface area contributed by atoms with Crippen molar-refractivity contribution in [2.75, 3.05) is 6.61 Å². The van der Waals surface area contributed by atoms with E-state index in [0.717, 1.165) is 12.1 Å². The van der Waals surface area contributed by atoms with E-state index in [1.165, 1.54) is 24.3 Å². The standard InChI is InChI=1S/C17H12Cl3F3N2O2/c18-14-9-13(5-6-15(14)25-26-8-7-16(19)20)24-27-10-11-1-3-12(4-2-11)17(21,22)23/h1-7,9H,8,10H2/b24-13+,25-15+. The molecule has 1 aromatic carbocycles. The average molecular weight is 440 g/mol. The molecule has 0 aliphatic heterocycles. The van der Waals surface area contributed by atoms with E-state index >= 15 is 0 Å². The number of allylic oxidation sites excluding steroid dienone is 4. The molecule has 0 unspecified atom stereocenters. The van der Waals surface area contributed by atoms with Gasteiger partial charge < -0.3 is 9.68 Å². The number of benzene rings is 1. The second-order valence-electron chi connectivity index (χ2n) is 5.08. The first kappa shape index (κ1) is 21.3. The predicted octanol–water partition coefficient (Wildman–Crippen LogP) is 5.96. The number of halogens is 6. The van der Waals surface area contributed by atoms with Gasteiger partial charge in [0, 0.05) is 0 Å². The molecule has 144 valence electrons. The van der Waals surface area contributed by atoms with Gasteiger partial charge in [-0.3, -0.25) is 0 Å². The minimum atomic E-state index is -4.37. The Morgan fingerprint density at radius 2 is 1.74 bits per heavy atom. The van der Waals surface area contributed by atoms with Gasteiger partial charge in [0.2, 0.25) is 0 Å². The van der Waals surface area contributed by atoms with Crippen LogP contribution in [0.25, 0.3) is 0 Å². The van der Waals surface area contributed by atoms with Crippen LogP contribution in [0.1, 0.15) is 11.1 Å². The summed E-state index contributed by atoms with van der Waals surface area (Å²) in [6.07, 6.45) is 1.70. The van der Waals surface area contributed by atoms with E-state index in [2.05, 4.69) is 10.3 Å². The number of alkyl halides is 3. The molecule has 0 atom stereocenters. The molecule has 0 saturated heterocycles. The van der Waals surface area contributed by atoms with Crippen LogP contribution in [0, 0.1) is 0 Å². The van der Waals surface area contributed by atoms with E-state index in [-0.39, 0.29) is 22.7 Å². The van der Waals surface area contributed by atoms with Crippen LogP contribution in [0.4, 0.5) is 13.2 Å². The lowest BCUT2D eigenvalue weighted by Gasteiger charge is -2.08. The van der Waals surface area contributed by atoms with Crippen molar-refractivity contribution in [3.05, 3.63) is 69.2 Å². The second-order valence-corrected chi connectivity index (χ2v) is 6.49. The van der Waals surface area contributed by atoms with E-state index in [1.807, 2.05) is 0 Å². The SMILES string of the molecule is FC(F)(F)c1ccc(CO/N=C2C=C/C(=N\OCC=C(Cl)Cl)C(Cl)=C\2)cc1. The summed E-state index contributed by atoms with van der Waals surface area (Å²) < 4.78 is 37.6. The molecular formula is C17H12Cl3F3N2O2. The fourth-order valence-electron chi connectivity index (χ4n) is 1.81. The maximum atomic E-state index is 12.5. The van der Waals surface area contributed by atoms with Gasteiger partial charge in [0.1, 0.15) is 29.1 Å². The molecule has 2 rings (SSSR count). The van der Waals surface area contributed by atoms with E-state index in [0.29, 0.717) is 17.0 Å². The maximum absolute atomic E-state index is 12.5. The maximum Gasteiger partial charge on any atom is 0.416 e. The molecule has 1 aliphatic rings. The van der Waals surface area contributed by atoms with E-state index in [4.69, 9.17) is 44.5 Å². The molecule has 1 aliphatic carbocycles. The molecule has 0 radical (unpaired) electrons. The zero-order valence-electron chi connectivity index (χ0n) is 13.5. The molecule has 27 heavy (non-hydrogen) atoms. The van der Waals surface area contributed by atoms with Crippen molar-refractivity contribution in [3.63, 3.8) is 0 Å². The number of hydrogen-bond donors (Lipinski definition) is 0. The lowest BCUT2D eigenvalue weighted by molar-refractivity contribution is -0.137. The first-order valence-electron chi connectivity index (χ1n) is 7.38. The first-order chi connectivity index (χ1) is 12.8. The summed E-state index contributed by atoms with van der Waals surface area (Å²) in [5.41, 5.74) is 0.608. The van der Waals surface area contributed by atoms with Gasteiger partial charge in [-0.2, -0.15) is 13.2 Å². The summed E-state index contributed by atoms with van der Waals surface area (Å²) >= 11 is 16.9. The topological polar surface area (TPSA) is 43.2 Å². The van der Waals surface area contributed by atoms with E-state index < -0.39 is 11.7 Å². The summed E-state index contributed by atoms with van der Waals surface area (Å²) in [6.45, 7) is 0.0948. The van der Waals surface area contributed by atoms with Crippen LogP contribution in [0.2, 0.25) is 0 Å². The molecule has 10 heteroatoms. The van der Waals surface area contributed by atoms with Crippen molar-refractivity contribution in [1.29, 1.82) is 0 Å². The van der Waals surface area contributed by atoms with Gasteiger partial charge >= 0.3 is 6.18 Å². The van der Waals surface area contributed by atoms with E-state index in [1.54, 1.807) is 12.2 Å². The molecule has 0 fully saturated rings. The highest BCUT2D eigenvalue weighted by Crippen LogP contribution is 2.29. The molecule has 0 bridgehead atoms. The van der Waals surface area contributed by atoms with Crippen LogP contribution < -0.4 is 0 Å². The van der Waals surface area contributed by atoms with Gasteiger partial charge in [-0.25, -0.2) is 0 Å². The quantitative estimate of drug-likeness (QED) is 0.312. The fraction of sp³-hybridized carbons (Fsp3) is 0.176. The molecule has 0 N–H and O–H groups in total. The molecule has 0 heterocycles. The number of nitrogens with zero attached hydrogens (tertiary/aromatic N) is 2. The highest BCUT2D eigenvalue weighted by atomic mass is 35.5. The van der Waals surface area contributed by atoms with Gasteiger partial charge in [-0.1, -0.05) is 57.2 Å². The number of hydrogen-bond acceptors (Lipinski definition) is 4. The van der Waals surface area contributed by atoms with Gasteiger partial charge in [0.05, 0.1) is 10.6 Å². The monoisotopic (exact) mass is 438 g/mol. The zero-order chi connectivity index (χ0) is 19.9. The van der Waals surface area contributed by atoms with Crippen LogP contribution in [-0.2, 0) is 22.5 Å². The summed E-state index contributed by atoms with van der Waals surface area (Å²) in [5, 5.41) is 7.94. The summed E-state index contributed by atoms with van der Waals surface area (Å²) in [6, 6.07) is 4.62. The molecule has 4 nitrogen and oxygen atoms in total. The Hall–Kier alpha value is -1.96. The Balaban J connectivity index is 1.89. The van der Waals surface area contributed by atoms with Crippen LogP contribution in [-0.4, -0.2) is 18.0 Å². The zero-order valence-corrected chi connectivity index (χ0v) is 15.8. The highest BCUT2D eigenvalue weighted by molar-refractivity contribution is 6.55. The Morgan fingerprint density at radius 1 is 1.04 bits per heavy atom. The van der Waals surface area contributed by atoms with Crippen molar-refractivity contribution in [1.82, 2.24) is 0 Å². The highest BCUT2D eigenvalue weighted by Gasteiger charge is 2.29. The summed E-state index contributed by atoms with van der Waals surface area (Å²) in [4.78, 5) is 10.1. The Morgan fingerprint density at radius 3 is 2.33 bits per heavy atom. The summed E-state index contributed by atoms with van der Waals surface area (Å²) in [5.74, 6) is 0. The normalized spacial score (nSPS) is 17.0. The summed E-state index contributed by atoms with van der Waals surface area (Å²) in [7, 11) is 0. The van der Waals surface area contributed by atoms with Crippen molar-refractivity contribution >= 4 is 46.2 Å². The molecule has 0 spiro atoms. The Kier molecular flexibility index (Phi) is 7.77. The third-order valence-corrected chi connectivity index (χ3v) is 3.70. The molecule has 1 aromatic rings.